The van der Waals surface area contributed by atoms with Crippen LogP contribution in [0.15, 0.2) is 12.4 Å². The van der Waals surface area contributed by atoms with Gasteiger partial charge in [-0.15, -0.1) is 0 Å². The number of hydrogen-bond acceptors (Lipinski definition) is 2. The summed E-state index contributed by atoms with van der Waals surface area (Å²) in [6.07, 6.45) is 7.26. The molecule has 1 rings (SSSR count). The second-order valence-electron chi connectivity index (χ2n) is 3.33. The van der Waals surface area contributed by atoms with Crippen molar-refractivity contribution in [2.24, 2.45) is 0 Å². The van der Waals surface area contributed by atoms with Crippen molar-refractivity contribution in [1.29, 1.82) is 0 Å². The highest BCUT2D eigenvalue weighted by Crippen LogP contribution is 2.05. The van der Waals surface area contributed by atoms with Crippen LogP contribution in [0.1, 0.15) is 31.5 Å². The Labute approximate surface area is 89.1 Å². The number of halogens is 1. The van der Waals surface area contributed by atoms with Crippen LogP contribution in [0.3, 0.4) is 0 Å². The zero-order valence-electron chi connectivity index (χ0n) is 8.37. The number of hydrogen-bond donors (Lipinski definition) is 0. The van der Waals surface area contributed by atoms with Gasteiger partial charge >= 0.3 is 0 Å². The summed E-state index contributed by atoms with van der Waals surface area (Å²) in [4.78, 5) is 14.6. The molecule has 0 fully saturated rings. The van der Waals surface area contributed by atoms with E-state index in [1.165, 1.54) is 0 Å². The summed E-state index contributed by atoms with van der Waals surface area (Å²) in [6.45, 7) is 2.96. The predicted octanol–water partition coefficient (Wildman–Crippen LogP) is 2.52. The summed E-state index contributed by atoms with van der Waals surface area (Å²) in [5.41, 5.74) is 0. The van der Waals surface area contributed by atoms with Crippen molar-refractivity contribution in [1.82, 2.24) is 9.55 Å². The molecular formula is C10H15ClN2O. The molecule has 0 aliphatic carbocycles. The van der Waals surface area contributed by atoms with Crippen LogP contribution in [-0.4, -0.2) is 14.8 Å². The molecule has 1 heterocycles. The van der Waals surface area contributed by atoms with Crippen LogP contribution in [0, 0.1) is 6.92 Å². The first-order valence-corrected chi connectivity index (χ1v) is 5.24. The largest absolute Gasteiger partial charge is 0.335 e. The Balaban J connectivity index is 2.10. The molecule has 0 saturated carbocycles. The highest BCUT2D eigenvalue weighted by Gasteiger charge is 1.98. The van der Waals surface area contributed by atoms with E-state index < -0.39 is 0 Å². The number of carbonyl (C=O) groups excluding carboxylic acids is 1. The molecule has 1 aromatic rings. The van der Waals surface area contributed by atoms with Crippen molar-refractivity contribution in [3.05, 3.63) is 18.2 Å². The molecule has 0 spiro atoms. The van der Waals surface area contributed by atoms with E-state index in [1.54, 1.807) is 6.20 Å². The second-order valence-corrected chi connectivity index (χ2v) is 3.76. The van der Waals surface area contributed by atoms with Crippen molar-refractivity contribution in [3.63, 3.8) is 0 Å². The van der Waals surface area contributed by atoms with Gasteiger partial charge in [0.1, 0.15) is 5.82 Å². The summed E-state index contributed by atoms with van der Waals surface area (Å²) in [7, 11) is 0. The molecule has 0 aliphatic rings. The van der Waals surface area contributed by atoms with E-state index in [-0.39, 0.29) is 5.24 Å². The van der Waals surface area contributed by atoms with E-state index in [0.717, 1.165) is 31.6 Å². The van der Waals surface area contributed by atoms with Crippen LogP contribution in [0.4, 0.5) is 0 Å². The van der Waals surface area contributed by atoms with Gasteiger partial charge in [0.2, 0.25) is 5.24 Å². The van der Waals surface area contributed by atoms with Gasteiger partial charge in [0.15, 0.2) is 0 Å². The summed E-state index contributed by atoms with van der Waals surface area (Å²) in [5.74, 6) is 1.04. The molecule has 0 atom stereocenters. The Morgan fingerprint density at radius 1 is 1.50 bits per heavy atom. The molecule has 0 unspecified atom stereocenters. The number of imidazole rings is 1. The molecule has 0 saturated heterocycles. The summed E-state index contributed by atoms with van der Waals surface area (Å²) >= 11 is 5.23. The minimum Gasteiger partial charge on any atom is -0.335 e. The van der Waals surface area contributed by atoms with Crippen molar-refractivity contribution in [2.75, 3.05) is 0 Å². The maximum Gasteiger partial charge on any atom is 0.221 e. The molecule has 4 heteroatoms. The van der Waals surface area contributed by atoms with E-state index in [1.807, 2.05) is 13.1 Å². The molecule has 0 radical (unpaired) electrons. The third-order valence-corrected chi connectivity index (χ3v) is 2.38. The Hall–Kier alpha value is -0.830. The van der Waals surface area contributed by atoms with Gasteiger partial charge < -0.3 is 4.57 Å². The average molecular weight is 215 g/mol. The van der Waals surface area contributed by atoms with Gasteiger partial charge in [0.05, 0.1) is 0 Å². The topological polar surface area (TPSA) is 34.9 Å². The number of carbonyl (C=O) groups is 1. The molecule has 14 heavy (non-hydrogen) atoms. The first-order valence-electron chi connectivity index (χ1n) is 4.86. The van der Waals surface area contributed by atoms with Gasteiger partial charge in [-0.2, -0.15) is 0 Å². The molecule has 1 aromatic heterocycles. The van der Waals surface area contributed by atoms with E-state index in [4.69, 9.17) is 11.6 Å². The Morgan fingerprint density at radius 3 is 2.86 bits per heavy atom. The quantitative estimate of drug-likeness (QED) is 0.539. The van der Waals surface area contributed by atoms with Crippen molar-refractivity contribution in [2.45, 2.75) is 39.2 Å². The van der Waals surface area contributed by atoms with Crippen LogP contribution >= 0.6 is 11.6 Å². The fourth-order valence-corrected chi connectivity index (χ4v) is 1.50. The lowest BCUT2D eigenvalue weighted by Gasteiger charge is -2.03. The number of aromatic nitrogens is 2. The zero-order valence-corrected chi connectivity index (χ0v) is 9.13. The van der Waals surface area contributed by atoms with Crippen molar-refractivity contribution >= 4 is 16.8 Å². The average Bonchev–Trinajstić information content (AvgIpc) is 2.51. The van der Waals surface area contributed by atoms with E-state index in [2.05, 4.69) is 9.55 Å². The number of nitrogens with zero attached hydrogens (tertiary/aromatic N) is 2. The van der Waals surface area contributed by atoms with Gasteiger partial charge in [0, 0.05) is 25.4 Å². The molecule has 0 bridgehead atoms. The third kappa shape index (κ3) is 3.92. The maximum atomic E-state index is 10.4. The lowest BCUT2D eigenvalue weighted by Crippen LogP contribution is -1.99. The normalized spacial score (nSPS) is 10.4. The molecule has 0 amide bonds. The minimum atomic E-state index is -0.233. The van der Waals surface area contributed by atoms with Crippen LogP contribution < -0.4 is 0 Å². The SMILES string of the molecule is Cc1nccn1CCCCCC(=O)Cl. The monoisotopic (exact) mass is 214 g/mol. The molecule has 0 aromatic carbocycles. The smallest absolute Gasteiger partial charge is 0.221 e. The van der Waals surface area contributed by atoms with Crippen molar-refractivity contribution < 1.29 is 4.79 Å². The standard InChI is InChI=1S/C10H15ClN2O/c1-9-12-6-8-13(9)7-4-2-3-5-10(11)14/h6,8H,2-5,7H2,1H3. The van der Waals surface area contributed by atoms with Crippen LogP contribution in [-0.2, 0) is 11.3 Å². The molecule has 78 valence electrons. The highest BCUT2D eigenvalue weighted by atomic mass is 35.5. The number of unbranched alkanes of at least 4 members (excludes halogenated alkanes) is 2. The summed E-state index contributed by atoms with van der Waals surface area (Å²) in [5, 5.41) is -0.233. The van der Waals surface area contributed by atoms with Crippen molar-refractivity contribution in [3.8, 4) is 0 Å². The minimum absolute atomic E-state index is 0.233. The van der Waals surface area contributed by atoms with Gasteiger partial charge in [-0.05, 0) is 31.4 Å². The van der Waals surface area contributed by atoms with Crippen LogP contribution in [0.25, 0.3) is 0 Å². The van der Waals surface area contributed by atoms with Crippen LogP contribution in [0.2, 0.25) is 0 Å². The summed E-state index contributed by atoms with van der Waals surface area (Å²) < 4.78 is 2.11. The van der Waals surface area contributed by atoms with E-state index in [9.17, 15) is 4.79 Å². The Morgan fingerprint density at radius 2 is 2.29 bits per heavy atom. The fraction of sp³-hybridized carbons (Fsp3) is 0.600. The van der Waals surface area contributed by atoms with Crippen LogP contribution in [0.5, 0.6) is 0 Å². The molecule has 3 nitrogen and oxygen atoms in total. The first-order chi connectivity index (χ1) is 6.70. The Bertz CT molecular complexity index is 296. The second kappa shape index (κ2) is 5.81. The lowest BCUT2D eigenvalue weighted by atomic mass is 10.2. The van der Waals surface area contributed by atoms with E-state index in [0.29, 0.717) is 6.42 Å². The highest BCUT2D eigenvalue weighted by molar-refractivity contribution is 6.63. The predicted molar refractivity (Wildman–Crippen MR) is 56.3 cm³/mol. The zero-order chi connectivity index (χ0) is 10.4. The lowest BCUT2D eigenvalue weighted by molar-refractivity contribution is -0.111. The van der Waals surface area contributed by atoms with Gasteiger partial charge in [0.25, 0.3) is 0 Å². The molecule has 0 aliphatic heterocycles. The number of rotatable bonds is 6. The summed E-state index contributed by atoms with van der Waals surface area (Å²) in [6, 6.07) is 0. The van der Waals surface area contributed by atoms with Gasteiger partial charge in [-0.1, -0.05) is 6.42 Å². The van der Waals surface area contributed by atoms with E-state index >= 15 is 0 Å². The first kappa shape index (κ1) is 11.2. The van der Waals surface area contributed by atoms with Gasteiger partial charge in [-0.25, -0.2) is 4.98 Å². The van der Waals surface area contributed by atoms with Gasteiger partial charge in [-0.3, -0.25) is 4.79 Å². The number of aryl methyl sites for hydroxylation is 2. The third-order valence-electron chi connectivity index (χ3n) is 2.20. The molecule has 0 N–H and O–H groups in total. The molecular weight excluding hydrogens is 200 g/mol. The maximum absolute atomic E-state index is 10.4. The Kier molecular flexibility index (Phi) is 4.66. The fourth-order valence-electron chi connectivity index (χ4n) is 1.36.